The lowest BCUT2D eigenvalue weighted by Gasteiger charge is -2.24. The normalized spacial score (nSPS) is 13.5. The summed E-state index contributed by atoms with van der Waals surface area (Å²) in [4.78, 5) is 72.2. The highest BCUT2D eigenvalue weighted by Crippen LogP contribution is 2.09. The average molecular weight is 677 g/mol. The lowest BCUT2D eigenvalue weighted by atomic mass is 10.2. The number of hydrogen-bond donors (Lipinski definition) is 4. The smallest absolute Gasteiger partial charge is 0.408 e. The van der Waals surface area contributed by atoms with Crippen molar-refractivity contribution in [3.63, 3.8) is 0 Å². The summed E-state index contributed by atoms with van der Waals surface area (Å²) >= 11 is 0. The van der Waals surface area contributed by atoms with E-state index in [4.69, 9.17) is 18.9 Å². The summed E-state index contributed by atoms with van der Waals surface area (Å²) < 4.78 is 19.9. The summed E-state index contributed by atoms with van der Waals surface area (Å²) in [6.45, 7) is 22.7. The van der Waals surface area contributed by atoms with E-state index >= 15 is 0 Å². The fourth-order valence-corrected chi connectivity index (χ4v) is 3.22. The molecule has 0 saturated carbocycles. The molecule has 0 bridgehead atoms. The SMILES string of the molecule is CC(C)(C)OC(=O)NCC(=O)N1CCCN(C(=O)CNC(=O)OC(C)(C)C)CC1.CNC(=O)OC(C)(C)C.CNC(=O)OC(C)(C)C. The molecule has 274 valence electrons. The molecule has 16 nitrogen and oxygen atoms in total. The molecule has 0 aromatic carbocycles. The van der Waals surface area contributed by atoms with Gasteiger partial charge in [-0.2, -0.15) is 0 Å². The second-order valence-electron chi connectivity index (χ2n) is 14.3. The third kappa shape index (κ3) is 28.0. The molecule has 0 atom stereocenters. The summed E-state index contributed by atoms with van der Waals surface area (Å²) in [5, 5.41) is 9.62. The van der Waals surface area contributed by atoms with Gasteiger partial charge in [0, 0.05) is 40.3 Å². The Morgan fingerprint density at radius 2 is 0.723 bits per heavy atom. The highest BCUT2D eigenvalue weighted by molar-refractivity contribution is 5.83. The zero-order chi connectivity index (χ0) is 37.2. The van der Waals surface area contributed by atoms with Crippen LogP contribution < -0.4 is 21.3 Å². The molecular weight excluding hydrogens is 616 g/mol. The maximum atomic E-state index is 12.3. The molecule has 0 radical (unpaired) electrons. The lowest BCUT2D eigenvalue weighted by Crippen LogP contribution is -2.45. The maximum absolute atomic E-state index is 12.3. The Morgan fingerprint density at radius 3 is 0.936 bits per heavy atom. The number of carbonyl (C=O) groups excluding carboxylic acids is 6. The first-order valence-electron chi connectivity index (χ1n) is 15.5. The Labute approximate surface area is 280 Å². The monoisotopic (exact) mass is 676 g/mol. The summed E-state index contributed by atoms with van der Waals surface area (Å²) in [7, 11) is 3.07. The van der Waals surface area contributed by atoms with E-state index < -0.39 is 23.4 Å². The van der Waals surface area contributed by atoms with Crippen molar-refractivity contribution in [1.29, 1.82) is 0 Å². The van der Waals surface area contributed by atoms with Crippen molar-refractivity contribution in [3.8, 4) is 0 Å². The van der Waals surface area contributed by atoms with Crippen molar-refractivity contribution in [2.24, 2.45) is 0 Å². The van der Waals surface area contributed by atoms with Gasteiger partial charge >= 0.3 is 24.4 Å². The molecule has 1 aliphatic rings. The highest BCUT2D eigenvalue weighted by atomic mass is 16.6. The fraction of sp³-hybridized carbons (Fsp3) is 0.806. The molecule has 1 rings (SSSR count). The van der Waals surface area contributed by atoms with Crippen LogP contribution in [0.4, 0.5) is 19.2 Å². The van der Waals surface area contributed by atoms with Gasteiger partial charge in [0.25, 0.3) is 0 Å². The number of amides is 6. The minimum absolute atomic E-state index is 0.164. The van der Waals surface area contributed by atoms with Crippen LogP contribution in [0.15, 0.2) is 0 Å². The van der Waals surface area contributed by atoms with Crippen LogP contribution in [0.3, 0.4) is 0 Å². The molecule has 47 heavy (non-hydrogen) atoms. The molecule has 1 fully saturated rings. The van der Waals surface area contributed by atoms with Crippen molar-refractivity contribution in [2.75, 3.05) is 53.4 Å². The van der Waals surface area contributed by atoms with Crippen molar-refractivity contribution in [1.82, 2.24) is 31.1 Å². The van der Waals surface area contributed by atoms with E-state index in [0.29, 0.717) is 32.6 Å². The first-order valence-corrected chi connectivity index (χ1v) is 15.5. The van der Waals surface area contributed by atoms with Crippen LogP contribution in [0.25, 0.3) is 0 Å². The topological polar surface area (TPSA) is 194 Å². The molecule has 0 aliphatic carbocycles. The first kappa shape index (κ1) is 45.1. The fourth-order valence-electron chi connectivity index (χ4n) is 3.22. The third-order valence-corrected chi connectivity index (χ3v) is 4.97. The van der Waals surface area contributed by atoms with Crippen LogP contribution in [0.2, 0.25) is 0 Å². The Bertz CT molecular complexity index is 944. The minimum atomic E-state index is -0.648. The van der Waals surface area contributed by atoms with Crippen molar-refractivity contribution >= 4 is 36.2 Å². The van der Waals surface area contributed by atoms with Crippen LogP contribution in [0, 0.1) is 0 Å². The average Bonchev–Trinajstić information content (AvgIpc) is 3.14. The lowest BCUT2D eigenvalue weighted by molar-refractivity contribution is -0.132. The number of rotatable bonds is 4. The molecule has 1 aliphatic heterocycles. The Kier molecular flexibility index (Phi) is 19.5. The predicted molar refractivity (Wildman–Crippen MR) is 177 cm³/mol. The van der Waals surface area contributed by atoms with Crippen LogP contribution in [0.5, 0.6) is 0 Å². The molecule has 6 amide bonds. The number of carbonyl (C=O) groups is 6. The zero-order valence-corrected chi connectivity index (χ0v) is 30.9. The van der Waals surface area contributed by atoms with Gasteiger partial charge < -0.3 is 50.0 Å². The summed E-state index contributed by atoms with van der Waals surface area (Å²) in [5.74, 6) is -0.478. The number of hydrogen-bond acceptors (Lipinski definition) is 10. The van der Waals surface area contributed by atoms with Crippen molar-refractivity contribution in [2.45, 2.75) is 112 Å². The van der Waals surface area contributed by atoms with Crippen LogP contribution >= 0.6 is 0 Å². The summed E-state index contributed by atoms with van der Waals surface area (Å²) in [6.07, 6.45) is -1.46. The van der Waals surface area contributed by atoms with E-state index in [1.54, 1.807) is 51.3 Å². The molecule has 1 heterocycles. The first-order chi connectivity index (χ1) is 21.2. The van der Waals surface area contributed by atoms with Gasteiger partial charge in [-0.3, -0.25) is 9.59 Å². The number of nitrogens with one attached hydrogen (secondary N) is 4. The van der Waals surface area contributed by atoms with Crippen LogP contribution in [-0.4, -0.2) is 122 Å². The molecular formula is C31H60N6O10. The summed E-state index contributed by atoms with van der Waals surface area (Å²) in [6, 6.07) is 0. The number of alkyl carbamates (subject to hydrolysis) is 4. The van der Waals surface area contributed by atoms with Crippen LogP contribution in [0.1, 0.15) is 89.5 Å². The molecule has 0 aromatic rings. The van der Waals surface area contributed by atoms with Gasteiger partial charge in [0.1, 0.15) is 35.5 Å². The van der Waals surface area contributed by atoms with Crippen LogP contribution in [-0.2, 0) is 28.5 Å². The van der Waals surface area contributed by atoms with Crippen molar-refractivity contribution < 1.29 is 47.7 Å². The number of nitrogens with zero attached hydrogens (tertiary/aromatic N) is 2. The van der Waals surface area contributed by atoms with E-state index in [2.05, 4.69) is 21.3 Å². The highest BCUT2D eigenvalue weighted by Gasteiger charge is 2.24. The number of ether oxygens (including phenoxy) is 4. The van der Waals surface area contributed by atoms with Gasteiger partial charge in [-0.1, -0.05) is 0 Å². The second-order valence-corrected chi connectivity index (χ2v) is 14.3. The van der Waals surface area contributed by atoms with E-state index in [0.717, 1.165) is 0 Å². The minimum Gasteiger partial charge on any atom is -0.444 e. The molecule has 0 unspecified atom stereocenters. The van der Waals surface area contributed by atoms with Gasteiger partial charge in [-0.25, -0.2) is 19.2 Å². The van der Waals surface area contributed by atoms with Gasteiger partial charge in [-0.15, -0.1) is 0 Å². The third-order valence-electron chi connectivity index (χ3n) is 4.97. The Balaban J connectivity index is 0. The van der Waals surface area contributed by atoms with Gasteiger partial charge in [-0.05, 0) is 89.5 Å². The van der Waals surface area contributed by atoms with Crippen molar-refractivity contribution in [3.05, 3.63) is 0 Å². The van der Waals surface area contributed by atoms with E-state index in [1.165, 1.54) is 14.1 Å². The molecule has 1 saturated heterocycles. The zero-order valence-electron chi connectivity index (χ0n) is 30.9. The maximum Gasteiger partial charge on any atom is 0.408 e. The van der Waals surface area contributed by atoms with E-state index in [-0.39, 0.29) is 48.3 Å². The van der Waals surface area contributed by atoms with Gasteiger partial charge in [0.15, 0.2) is 0 Å². The molecule has 16 heteroatoms. The molecule has 0 spiro atoms. The van der Waals surface area contributed by atoms with Gasteiger partial charge in [0.2, 0.25) is 11.8 Å². The standard InChI is InChI=1S/C19H34N4O6.2C6H13NO2/c1-18(2,3)28-16(26)20-12-14(24)22-8-7-9-23(11-10-22)15(25)13-21-17(27)29-19(4,5)6;2*1-6(2,3)9-5(8)7-4/h7-13H2,1-6H3,(H,20,26)(H,21,27);2*1-4H3,(H,7,8). The quantitative estimate of drug-likeness (QED) is 0.321. The predicted octanol–water partition coefficient (Wildman–Crippen LogP) is 3.38. The molecule has 4 N–H and O–H groups in total. The largest absolute Gasteiger partial charge is 0.444 e. The Morgan fingerprint density at radius 1 is 0.468 bits per heavy atom. The summed E-state index contributed by atoms with van der Waals surface area (Å²) in [5.41, 5.74) is -2.05. The van der Waals surface area contributed by atoms with E-state index in [1.807, 2.05) is 41.5 Å². The second kappa shape index (κ2) is 20.3. The van der Waals surface area contributed by atoms with E-state index in [9.17, 15) is 28.8 Å². The Hall–Kier alpha value is -3.98. The van der Waals surface area contributed by atoms with Gasteiger partial charge in [0.05, 0.1) is 0 Å². The molecule has 0 aromatic heterocycles.